The van der Waals surface area contributed by atoms with Gasteiger partial charge in [-0.25, -0.2) is 0 Å². The molecule has 0 aliphatic heterocycles. The molecule has 0 heterocycles. The topological polar surface area (TPSA) is 35.5 Å². The van der Waals surface area contributed by atoms with Gasteiger partial charge < -0.3 is 15.3 Å². The lowest BCUT2D eigenvalue weighted by molar-refractivity contribution is -0.137. The Morgan fingerprint density at radius 3 is 2.29 bits per heavy atom. The van der Waals surface area contributed by atoms with E-state index in [0.29, 0.717) is 6.54 Å². The van der Waals surface area contributed by atoms with Crippen molar-refractivity contribution in [2.24, 2.45) is 0 Å². The van der Waals surface area contributed by atoms with E-state index in [9.17, 15) is 18.3 Å². The molecular weight excluding hydrogens is 233 g/mol. The molecule has 2 N–H and O–H groups in total. The van der Waals surface area contributed by atoms with Crippen molar-refractivity contribution in [1.29, 1.82) is 0 Å². The first-order chi connectivity index (χ1) is 7.72. The molecule has 0 aromatic heterocycles. The fraction of sp³-hybridized carbons (Fsp3) is 1.00. The number of nitrogens with zero attached hydrogens (tertiary/aromatic N) is 1. The van der Waals surface area contributed by atoms with Crippen LogP contribution >= 0.6 is 0 Å². The maximum Gasteiger partial charge on any atom is 0.390 e. The van der Waals surface area contributed by atoms with Crippen molar-refractivity contribution >= 4 is 0 Å². The highest BCUT2D eigenvalue weighted by Gasteiger charge is 2.29. The molecule has 3 nitrogen and oxygen atoms in total. The van der Waals surface area contributed by atoms with Crippen molar-refractivity contribution in [2.75, 3.05) is 33.3 Å². The minimum atomic E-state index is -4.12. The molecule has 0 saturated carbocycles. The van der Waals surface area contributed by atoms with Gasteiger partial charge in [-0.3, -0.25) is 0 Å². The molecule has 0 fully saturated rings. The summed E-state index contributed by atoms with van der Waals surface area (Å²) in [5.74, 6) is 0. The van der Waals surface area contributed by atoms with Crippen LogP contribution in [0.3, 0.4) is 0 Å². The Bertz CT molecular complexity index is 211. The van der Waals surface area contributed by atoms with E-state index in [1.165, 1.54) is 0 Å². The van der Waals surface area contributed by atoms with Gasteiger partial charge in [0.25, 0.3) is 0 Å². The average molecular weight is 256 g/mol. The summed E-state index contributed by atoms with van der Waals surface area (Å²) in [5.41, 5.74) is -0.545. The van der Waals surface area contributed by atoms with Gasteiger partial charge in [-0.1, -0.05) is 6.92 Å². The van der Waals surface area contributed by atoms with E-state index in [4.69, 9.17) is 0 Å². The van der Waals surface area contributed by atoms with E-state index in [0.717, 1.165) is 13.0 Å². The second-order valence-electron chi connectivity index (χ2n) is 4.75. The monoisotopic (exact) mass is 256 g/mol. The van der Waals surface area contributed by atoms with E-state index in [1.807, 2.05) is 13.8 Å². The van der Waals surface area contributed by atoms with Gasteiger partial charge in [-0.05, 0) is 26.9 Å². The molecular formula is C11H23F3N2O. The Morgan fingerprint density at radius 2 is 1.88 bits per heavy atom. The Labute approximate surface area is 101 Å². The highest BCUT2D eigenvalue weighted by atomic mass is 19.4. The third kappa shape index (κ3) is 8.40. The average Bonchev–Trinajstić information content (AvgIpc) is 2.23. The Balaban J connectivity index is 4.09. The number of aliphatic hydroxyl groups excluding tert-OH is 1. The van der Waals surface area contributed by atoms with Crippen LogP contribution < -0.4 is 5.32 Å². The summed E-state index contributed by atoms with van der Waals surface area (Å²) in [5, 5.41) is 12.4. The maximum atomic E-state index is 12.0. The third-order valence-electron chi connectivity index (χ3n) is 2.55. The minimum Gasteiger partial charge on any atom is -0.394 e. The second kappa shape index (κ2) is 7.18. The molecule has 0 saturated heterocycles. The van der Waals surface area contributed by atoms with Crippen LogP contribution in [-0.4, -0.2) is 55.0 Å². The van der Waals surface area contributed by atoms with Crippen molar-refractivity contribution in [3.05, 3.63) is 0 Å². The number of hydrogen-bond acceptors (Lipinski definition) is 3. The zero-order chi connectivity index (χ0) is 13.5. The van der Waals surface area contributed by atoms with Gasteiger partial charge in [0.2, 0.25) is 0 Å². The van der Waals surface area contributed by atoms with Gasteiger partial charge in [0.05, 0.1) is 18.6 Å². The first-order valence-corrected chi connectivity index (χ1v) is 5.83. The summed E-state index contributed by atoms with van der Waals surface area (Å²) in [6, 6.07) is 0. The van der Waals surface area contributed by atoms with Crippen LogP contribution in [0.2, 0.25) is 0 Å². The Hall–Kier alpha value is -0.330. The lowest BCUT2D eigenvalue weighted by Gasteiger charge is -2.33. The SMILES string of the molecule is CCCNC(C)(CO)CN(C)CCC(F)(F)F. The summed E-state index contributed by atoms with van der Waals surface area (Å²) in [6.45, 7) is 4.80. The quantitative estimate of drug-likeness (QED) is 0.693. The standard InChI is InChI=1S/C11H23F3N2O/c1-4-6-15-10(2,9-17)8-16(3)7-5-11(12,13)14/h15,17H,4-9H2,1-3H3. The van der Waals surface area contributed by atoms with Gasteiger partial charge in [-0.15, -0.1) is 0 Å². The summed E-state index contributed by atoms with van der Waals surface area (Å²) in [7, 11) is 1.63. The van der Waals surface area contributed by atoms with E-state index in [-0.39, 0.29) is 13.2 Å². The number of alkyl halides is 3. The number of aliphatic hydroxyl groups is 1. The molecule has 0 aliphatic carbocycles. The van der Waals surface area contributed by atoms with Gasteiger partial charge in [0.15, 0.2) is 0 Å². The molecule has 0 spiro atoms. The minimum absolute atomic E-state index is 0.0487. The van der Waals surface area contributed by atoms with Crippen molar-refractivity contribution in [1.82, 2.24) is 10.2 Å². The normalized spacial score (nSPS) is 16.2. The second-order valence-corrected chi connectivity index (χ2v) is 4.75. The molecule has 0 amide bonds. The molecule has 1 unspecified atom stereocenters. The molecule has 0 radical (unpaired) electrons. The highest BCUT2D eigenvalue weighted by molar-refractivity contribution is 4.85. The van der Waals surface area contributed by atoms with Crippen LogP contribution in [0.5, 0.6) is 0 Å². The fourth-order valence-corrected chi connectivity index (χ4v) is 1.58. The van der Waals surface area contributed by atoms with Crippen molar-refractivity contribution in [2.45, 2.75) is 38.4 Å². The summed E-state index contributed by atoms with van der Waals surface area (Å²) in [4.78, 5) is 1.59. The molecule has 6 heteroatoms. The summed E-state index contributed by atoms with van der Waals surface area (Å²) < 4.78 is 36.1. The summed E-state index contributed by atoms with van der Waals surface area (Å²) in [6.07, 6.45) is -4.03. The molecule has 17 heavy (non-hydrogen) atoms. The fourth-order valence-electron chi connectivity index (χ4n) is 1.58. The predicted molar refractivity (Wildman–Crippen MR) is 62.0 cm³/mol. The first kappa shape index (κ1) is 16.7. The van der Waals surface area contributed by atoms with Gasteiger partial charge in [-0.2, -0.15) is 13.2 Å². The predicted octanol–water partition coefficient (Wildman–Crippen LogP) is 1.62. The van der Waals surface area contributed by atoms with E-state index in [2.05, 4.69) is 5.32 Å². The number of hydrogen-bond donors (Lipinski definition) is 2. The molecule has 0 bridgehead atoms. The lowest BCUT2D eigenvalue weighted by atomic mass is 10.0. The van der Waals surface area contributed by atoms with Crippen LogP contribution in [-0.2, 0) is 0 Å². The largest absolute Gasteiger partial charge is 0.394 e. The number of rotatable bonds is 8. The van der Waals surface area contributed by atoms with E-state index < -0.39 is 18.1 Å². The van der Waals surface area contributed by atoms with Gasteiger partial charge >= 0.3 is 6.18 Å². The molecule has 1 atom stereocenters. The van der Waals surface area contributed by atoms with Crippen LogP contribution in [0.1, 0.15) is 26.7 Å². The maximum absolute atomic E-state index is 12.0. The number of nitrogens with one attached hydrogen (secondary N) is 1. The third-order valence-corrected chi connectivity index (χ3v) is 2.55. The molecule has 104 valence electrons. The molecule has 0 aromatic carbocycles. The number of likely N-dealkylation sites (N-methyl/N-ethyl adjacent to an activating group) is 1. The Kier molecular flexibility index (Phi) is 7.04. The van der Waals surface area contributed by atoms with Crippen LogP contribution in [0, 0.1) is 0 Å². The van der Waals surface area contributed by atoms with E-state index in [1.54, 1.807) is 11.9 Å². The van der Waals surface area contributed by atoms with Gasteiger partial charge in [0, 0.05) is 13.1 Å². The smallest absolute Gasteiger partial charge is 0.390 e. The van der Waals surface area contributed by atoms with Crippen LogP contribution in [0.4, 0.5) is 13.2 Å². The Morgan fingerprint density at radius 1 is 1.29 bits per heavy atom. The molecule has 0 aromatic rings. The van der Waals surface area contributed by atoms with Crippen LogP contribution in [0.25, 0.3) is 0 Å². The zero-order valence-corrected chi connectivity index (χ0v) is 10.8. The zero-order valence-electron chi connectivity index (χ0n) is 10.8. The lowest BCUT2D eigenvalue weighted by Crippen LogP contribution is -2.53. The summed E-state index contributed by atoms with van der Waals surface area (Å²) >= 11 is 0. The van der Waals surface area contributed by atoms with Gasteiger partial charge in [0.1, 0.15) is 0 Å². The van der Waals surface area contributed by atoms with E-state index >= 15 is 0 Å². The van der Waals surface area contributed by atoms with Crippen molar-refractivity contribution in [3.8, 4) is 0 Å². The highest BCUT2D eigenvalue weighted by Crippen LogP contribution is 2.19. The number of halogens is 3. The van der Waals surface area contributed by atoms with Crippen LogP contribution in [0.15, 0.2) is 0 Å². The van der Waals surface area contributed by atoms with Crippen molar-refractivity contribution in [3.63, 3.8) is 0 Å². The van der Waals surface area contributed by atoms with Crippen molar-refractivity contribution < 1.29 is 18.3 Å². The molecule has 0 rings (SSSR count). The first-order valence-electron chi connectivity index (χ1n) is 5.83. The molecule has 0 aliphatic rings.